The fourth-order valence-corrected chi connectivity index (χ4v) is 2.89. The normalized spacial score (nSPS) is 16.0. The molecular formula is C16H23N7O. The molecule has 1 aliphatic rings. The number of hydrogen-bond donors (Lipinski definition) is 3. The van der Waals surface area contributed by atoms with Gasteiger partial charge in [0, 0.05) is 25.7 Å². The largest absolute Gasteiger partial charge is 0.335 e. The number of nitrogens with one attached hydrogen (secondary N) is 3. The lowest BCUT2D eigenvalue weighted by atomic mass is 10.0. The highest BCUT2D eigenvalue weighted by Gasteiger charge is 2.20. The molecule has 0 radical (unpaired) electrons. The zero-order valence-electron chi connectivity index (χ0n) is 13.6. The van der Waals surface area contributed by atoms with Crippen LogP contribution < -0.4 is 10.6 Å². The number of nitrogens with zero attached hydrogens (tertiary/aromatic N) is 4. The van der Waals surface area contributed by atoms with Crippen LogP contribution in [0.25, 0.3) is 0 Å². The Morgan fingerprint density at radius 1 is 1.25 bits per heavy atom. The second-order valence-electron chi connectivity index (χ2n) is 6.01. The van der Waals surface area contributed by atoms with Crippen molar-refractivity contribution in [2.24, 2.45) is 0 Å². The minimum atomic E-state index is -0.178. The third-order valence-corrected chi connectivity index (χ3v) is 4.28. The van der Waals surface area contributed by atoms with Crippen LogP contribution in [0.3, 0.4) is 0 Å². The van der Waals surface area contributed by atoms with Gasteiger partial charge in [0.25, 0.3) is 0 Å². The number of hydrogen-bond acceptors (Lipinski definition) is 5. The number of tetrazole rings is 1. The van der Waals surface area contributed by atoms with E-state index >= 15 is 0 Å². The number of H-pyrrole nitrogens is 1. The van der Waals surface area contributed by atoms with Crippen LogP contribution in [0.5, 0.6) is 0 Å². The van der Waals surface area contributed by atoms with E-state index in [2.05, 4.69) is 60.4 Å². The molecule has 128 valence electrons. The monoisotopic (exact) mass is 329 g/mol. The number of likely N-dealkylation sites (tertiary alicyclic amines) is 1. The number of benzene rings is 1. The maximum Gasteiger partial charge on any atom is 0.315 e. The summed E-state index contributed by atoms with van der Waals surface area (Å²) in [7, 11) is 0. The first-order valence-corrected chi connectivity index (χ1v) is 8.32. The van der Waals surface area contributed by atoms with E-state index in [4.69, 9.17) is 0 Å². The topological polar surface area (TPSA) is 98.8 Å². The van der Waals surface area contributed by atoms with Gasteiger partial charge in [-0.3, -0.25) is 0 Å². The number of amides is 2. The molecule has 8 heteroatoms. The van der Waals surface area contributed by atoms with Gasteiger partial charge in [-0.05, 0) is 24.8 Å². The molecule has 3 rings (SSSR count). The van der Waals surface area contributed by atoms with Gasteiger partial charge in [0.15, 0.2) is 5.82 Å². The molecule has 8 nitrogen and oxygen atoms in total. The number of piperidine rings is 1. The van der Waals surface area contributed by atoms with Gasteiger partial charge in [-0.1, -0.05) is 35.5 Å². The average Bonchev–Trinajstić information content (AvgIpc) is 3.14. The van der Waals surface area contributed by atoms with Crippen LogP contribution >= 0.6 is 0 Å². The van der Waals surface area contributed by atoms with Crippen LogP contribution in [0.1, 0.15) is 24.2 Å². The molecule has 0 bridgehead atoms. The SMILES string of the molecule is O=C(NCc1nn[nH]n1)NC1CCN(CCc2ccccc2)CC1. The lowest BCUT2D eigenvalue weighted by Crippen LogP contribution is -2.48. The highest BCUT2D eigenvalue weighted by atomic mass is 16.2. The van der Waals surface area contributed by atoms with Crippen molar-refractivity contribution in [3.63, 3.8) is 0 Å². The summed E-state index contributed by atoms with van der Waals surface area (Å²) in [5, 5.41) is 19.1. The Kier molecular flexibility index (Phi) is 5.73. The van der Waals surface area contributed by atoms with E-state index in [0.29, 0.717) is 5.82 Å². The predicted octanol–water partition coefficient (Wildman–Crippen LogP) is 0.706. The van der Waals surface area contributed by atoms with Crippen LogP contribution in [-0.2, 0) is 13.0 Å². The smallest absolute Gasteiger partial charge is 0.315 e. The predicted molar refractivity (Wildman–Crippen MR) is 89.2 cm³/mol. The number of rotatable bonds is 6. The van der Waals surface area contributed by atoms with E-state index in [1.54, 1.807) is 0 Å². The summed E-state index contributed by atoms with van der Waals surface area (Å²) in [4.78, 5) is 14.3. The van der Waals surface area contributed by atoms with Crippen LogP contribution in [0.2, 0.25) is 0 Å². The van der Waals surface area contributed by atoms with E-state index in [-0.39, 0.29) is 18.6 Å². The van der Waals surface area contributed by atoms with Crippen molar-refractivity contribution < 1.29 is 4.79 Å². The lowest BCUT2D eigenvalue weighted by molar-refractivity contribution is 0.193. The number of aromatic nitrogens is 4. The van der Waals surface area contributed by atoms with Gasteiger partial charge < -0.3 is 15.5 Å². The lowest BCUT2D eigenvalue weighted by Gasteiger charge is -2.32. The summed E-state index contributed by atoms with van der Waals surface area (Å²) >= 11 is 0. The standard InChI is InChI=1S/C16H23N7O/c24-16(17-12-15-19-21-22-20-15)18-14-7-10-23(11-8-14)9-6-13-4-2-1-3-5-13/h1-5,14H,6-12H2,(H2,17,18,24)(H,19,20,21,22). The maximum absolute atomic E-state index is 11.9. The molecule has 0 atom stereocenters. The Hall–Kier alpha value is -2.48. The molecule has 1 aliphatic heterocycles. The minimum Gasteiger partial charge on any atom is -0.335 e. The molecule has 2 aromatic rings. The summed E-state index contributed by atoms with van der Waals surface area (Å²) in [6, 6.07) is 10.6. The van der Waals surface area contributed by atoms with Crippen molar-refractivity contribution in [3.8, 4) is 0 Å². The molecule has 0 unspecified atom stereocenters. The highest BCUT2D eigenvalue weighted by molar-refractivity contribution is 5.74. The maximum atomic E-state index is 11.9. The number of carbonyl (C=O) groups excluding carboxylic acids is 1. The van der Waals surface area contributed by atoms with Crippen molar-refractivity contribution in [2.45, 2.75) is 31.8 Å². The van der Waals surface area contributed by atoms with E-state index in [9.17, 15) is 4.79 Å². The molecule has 1 aromatic heterocycles. The molecule has 0 aliphatic carbocycles. The fraction of sp³-hybridized carbons (Fsp3) is 0.500. The van der Waals surface area contributed by atoms with Gasteiger partial charge >= 0.3 is 6.03 Å². The number of urea groups is 1. The second kappa shape index (κ2) is 8.39. The Morgan fingerprint density at radius 2 is 2.04 bits per heavy atom. The Balaban J connectivity index is 1.32. The molecule has 2 heterocycles. The summed E-state index contributed by atoms with van der Waals surface area (Å²) in [6.45, 7) is 3.38. The Labute approximate surface area is 141 Å². The van der Waals surface area contributed by atoms with E-state index in [1.165, 1.54) is 5.56 Å². The average molecular weight is 329 g/mol. The van der Waals surface area contributed by atoms with Crippen molar-refractivity contribution in [2.75, 3.05) is 19.6 Å². The van der Waals surface area contributed by atoms with Crippen LogP contribution in [0, 0.1) is 0 Å². The van der Waals surface area contributed by atoms with Gasteiger partial charge in [0.05, 0.1) is 6.54 Å². The summed E-state index contributed by atoms with van der Waals surface area (Å²) < 4.78 is 0. The zero-order valence-corrected chi connectivity index (χ0v) is 13.6. The molecule has 0 spiro atoms. The van der Waals surface area contributed by atoms with Crippen molar-refractivity contribution in [1.29, 1.82) is 0 Å². The Bertz CT molecular complexity index is 609. The molecule has 1 aromatic carbocycles. The molecule has 1 fully saturated rings. The van der Waals surface area contributed by atoms with Gasteiger partial charge in [-0.2, -0.15) is 5.21 Å². The van der Waals surface area contributed by atoms with E-state index in [1.807, 2.05) is 6.07 Å². The third-order valence-electron chi connectivity index (χ3n) is 4.28. The number of carbonyl (C=O) groups is 1. The Morgan fingerprint density at radius 3 is 2.75 bits per heavy atom. The molecular weight excluding hydrogens is 306 g/mol. The molecule has 3 N–H and O–H groups in total. The highest BCUT2D eigenvalue weighted by Crippen LogP contribution is 2.11. The third kappa shape index (κ3) is 5.02. The number of aromatic amines is 1. The summed E-state index contributed by atoms with van der Waals surface area (Å²) in [5.41, 5.74) is 1.37. The van der Waals surface area contributed by atoms with E-state index < -0.39 is 0 Å². The van der Waals surface area contributed by atoms with Gasteiger partial charge in [0.2, 0.25) is 0 Å². The van der Waals surface area contributed by atoms with Gasteiger partial charge in [-0.15, -0.1) is 10.2 Å². The van der Waals surface area contributed by atoms with Crippen molar-refractivity contribution in [3.05, 3.63) is 41.7 Å². The summed E-state index contributed by atoms with van der Waals surface area (Å²) in [6.07, 6.45) is 3.03. The molecule has 24 heavy (non-hydrogen) atoms. The first-order chi connectivity index (χ1) is 11.8. The summed E-state index contributed by atoms with van der Waals surface area (Å²) in [5.74, 6) is 0.473. The first-order valence-electron chi connectivity index (χ1n) is 8.32. The van der Waals surface area contributed by atoms with Crippen LogP contribution in [-0.4, -0.2) is 57.2 Å². The minimum absolute atomic E-state index is 0.178. The quantitative estimate of drug-likeness (QED) is 0.725. The second-order valence-corrected chi connectivity index (χ2v) is 6.01. The van der Waals surface area contributed by atoms with Crippen LogP contribution in [0.4, 0.5) is 4.79 Å². The van der Waals surface area contributed by atoms with Crippen LogP contribution in [0.15, 0.2) is 30.3 Å². The van der Waals surface area contributed by atoms with Crippen molar-refractivity contribution >= 4 is 6.03 Å². The fourth-order valence-electron chi connectivity index (χ4n) is 2.89. The molecule has 0 saturated carbocycles. The molecule has 1 saturated heterocycles. The molecule has 2 amide bonds. The van der Waals surface area contributed by atoms with E-state index in [0.717, 1.165) is 38.9 Å². The van der Waals surface area contributed by atoms with Gasteiger partial charge in [-0.25, -0.2) is 4.79 Å². The first kappa shape index (κ1) is 16.4. The van der Waals surface area contributed by atoms with Gasteiger partial charge in [0.1, 0.15) is 0 Å². The van der Waals surface area contributed by atoms with Crippen molar-refractivity contribution in [1.82, 2.24) is 36.2 Å². The zero-order chi connectivity index (χ0) is 16.6.